The molecule has 5 aromatic rings. The number of aromatic nitrogens is 5. The van der Waals surface area contributed by atoms with Gasteiger partial charge in [0.2, 0.25) is 5.82 Å². The average Bonchev–Trinajstić information content (AvgIpc) is 3.43. The third kappa shape index (κ3) is 3.10. The summed E-state index contributed by atoms with van der Waals surface area (Å²) in [5, 5.41) is 13.8. The monoisotopic (exact) mass is 379 g/mol. The maximum atomic E-state index is 13.6. The van der Waals surface area contributed by atoms with E-state index in [1.54, 1.807) is 6.20 Å². The van der Waals surface area contributed by atoms with Gasteiger partial charge in [-0.25, -0.2) is 0 Å². The molecular weight excluding hydrogens is 362 g/mol. The van der Waals surface area contributed by atoms with Crippen LogP contribution in [0.2, 0.25) is 0 Å². The van der Waals surface area contributed by atoms with Gasteiger partial charge in [-0.3, -0.25) is 4.79 Å². The molecule has 0 amide bonds. The Kier molecular flexibility index (Phi) is 4.22. The Morgan fingerprint density at radius 3 is 2.34 bits per heavy atom. The third-order valence-electron chi connectivity index (χ3n) is 4.91. The van der Waals surface area contributed by atoms with Crippen molar-refractivity contribution in [2.24, 2.45) is 0 Å². The molecule has 29 heavy (non-hydrogen) atoms. The Balaban J connectivity index is 1.61. The van der Waals surface area contributed by atoms with Crippen molar-refractivity contribution in [3.05, 3.63) is 102 Å². The summed E-state index contributed by atoms with van der Waals surface area (Å²) in [4.78, 5) is 18.2. The van der Waals surface area contributed by atoms with Gasteiger partial charge in [-0.05, 0) is 16.8 Å². The lowest BCUT2D eigenvalue weighted by atomic mass is 9.97. The molecular formula is C23H17N5O. The van der Waals surface area contributed by atoms with Crippen molar-refractivity contribution in [3.8, 4) is 11.4 Å². The Morgan fingerprint density at radius 1 is 0.862 bits per heavy atom. The van der Waals surface area contributed by atoms with Crippen LogP contribution in [0.3, 0.4) is 0 Å². The van der Waals surface area contributed by atoms with Crippen LogP contribution in [0, 0.1) is 0 Å². The molecule has 6 nitrogen and oxygen atoms in total. The molecule has 5 rings (SSSR count). The number of hydrogen-bond donors (Lipinski definition) is 1. The van der Waals surface area contributed by atoms with Gasteiger partial charge in [0.15, 0.2) is 11.8 Å². The van der Waals surface area contributed by atoms with Gasteiger partial charge in [-0.1, -0.05) is 78.9 Å². The molecule has 0 saturated heterocycles. The lowest BCUT2D eigenvalue weighted by Crippen LogP contribution is -2.23. The van der Waals surface area contributed by atoms with Crippen molar-refractivity contribution in [1.29, 1.82) is 0 Å². The molecule has 0 fully saturated rings. The Morgan fingerprint density at radius 2 is 1.55 bits per heavy atom. The highest BCUT2D eigenvalue weighted by molar-refractivity contribution is 6.10. The molecule has 0 radical (unpaired) electrons. The molecule has 2 aromatic heterocycles. The molecule has 2 heterocycles. The van der Waals surface area contributed by atoms with Gasteiger partial charge in [-0.2, -0.15) is 0 Å². The fourth-order valence-electron chi connectivity index (χ4n) is 3.48. The van der Waals surface area contributed by atoms with Gasteiger partial charge in [0, 0.05) is 28.2 Å². The number of aromatic amines is 1. The second-order valence-corrected chi connectivity index (χ2v) is 6.72. The van der Waals surface area contributed by atoms with Crippen LogP contribution in [0.5, 0.6) is 0 Å². The summed E-state index contributed by atoms with van der Waals surface area (Å²) in [6.07, 6.45) is 1.75. The van der Waals surface area contributed by atoms with E-state index in [1.165, 1.54) is 4.80 Å². The van der Waals surface area contributed by atoms with Crippen molar-refractivity contribution < 1.29 is 4.79 Å². The zero-order valence-corrected chi connectivity index (χ0v) is 15.4. The van der Waals surface area contributed by atoms with Crippen LogP contribution < -0.4 is 0 Å². The number of tetrazole rings is 1. The number of carbonyl (C=O) groups is 1. The molecule has 0 spiro atoms. The molecule has 140 valence electrons. The maximum absolute atomic E-state index is 13.6. The average molecular weight is 379 g/mol. The zero-order chi connectivity index (χ0) is 19.6. The van der Waals surface area contributed by atoms with Crippen molar-refractivity contribution in [1.82, 2.24) is 25.2 Å². The van der Waals surface area contributed by atoms with E-state index < -0.39 is 6.04 Å². The van der Waals surface area contributed by atoms with E-state index in [0.717, 1.165) is 22.0 Å². The highest BCUT2D eigenvalue weighted by Gasteiger charge is 2.28. The van der Waals surface area contributed by atoms with E-state index in [9.17, 15) is 4.79 Å². The molecule has 0 saturated carbocycles. The van der Waals surface area contributed by atoms with Crippen LogP contribution in [0.15, 0.2) is 91.1 Å². The van der Waals surface area contributed by atoms with Gasteiger partial charge in [-0.15, -0.1) is 15.0 Å². The number of rotatable bonds is 5. The fourth-order valence-corrected chi connectivity index (χ4v) is 3.48. The lowest BCUT2D eigenvalue weighted by Gasteiger charge is -2.14. The van der Waals surface area contributed by atoms with Gasteiger partial charge < -0.3 is 4.98 Å². The molecule has 0 aliphatic heterocycles. The largest absolute Gasteiger partial charge is 0.360 e. The molecule has 3 aromatic carbocycles. The minimum atomic E-state index is -0.708. The summed E-state index contributed by atoms with van der Waals surface area (Å²) in [5.41, 5.74) is 3.18. The summed E-state index contributed by atoms with van der Waals surface area (Å²) < 4.78 is 0. The van der Waals surface area contributed by atoms with E-state index in [1.807, 2.05) is 84.9 Å². The van der Waals surface area contributed by atoms with Crippen molar-refractivity contribution >= 4 is 16.7 Å². The van der Waals surface area contributed by atoms with Gasteiger partial charge >= 0.3 is 0 Å². The molecule has 0 aliphatic rings. The van der Waals surface area contributed by atoms with Crippen LogP contribution in [-0.4, -0.2) is 31.0 Å². The molecule has 1 atom stereocenters. The SMILES string of the molecule is O=C(c1c[nH]c2ccccc12)C(c1ccccc1)n1nnc(-c2ccccc2)n1. The number of nitrogens with one attached hydrogen (secondary N) is 1. The summed E-state index contributed by atoms with van der Waals surface area (Å²) >= 11 is 0. The van der Waals surface area contributed by atoms with Crippen LogP contribution >= 0.6 is 0 Å². The predicted octanol–water partition coefficient (Wildman–Crippen LogP) is 4.29. The first-order valence-corrected chi connectivity index (χ1v) is 9.31. The number of nitrogens with zero attached hydrogens (tertiary/aromatic N) is 4. The Hall–Kier alpha value is -4.06. The summed E-state index contributed by atoms with van der Waals surface area (Å²) in [6, 6.07) is 26.2. The number of carbonyl (C=O) groups excluding carboxylic acids is 1. The Bertz CT molecular complexity index is 1270. The van der Waals surface area contributed by atoms with E-state index >= 15 is 0 Å². The highest BCUT2D eigenvalue weighted by Crippen LogP contribution is 2.27. The topological polar surface area (TPSA) is 76.5 Å². The van der Waals surface area contributed by atoms with Crippen LogP contribution in [0.4, 0.5) is 0 Å². The number of fused-ring (bicyclic) bond motifs is 1. The second kappa shape index (κ2) is 7.16. The fraction of sp³-hybridized carbons (Fsp3) is 0.0435. The van der Waals surface area contributed by atoms with Crippen LogP contribution in [-0.2, 0) is 0 Å². The number of benzene rings is 3. The molecule has 1 unspecified atom stereocenters. The predicted molar refractivity (Wildman–Crippen MR) is 110 cm³/mol. The highest BCUT2D eigenvalue weighted by atomic mass is 16.1. The van der Waals surface area contributed by atoms with E-state index in [2.05, 4.69) is 20.4 Å². The van der Waals surface area contributed by atoms with Gasteiger partial charge in [0.05, 0.1) is 0 Å². The number of ketones is 1. The number of para-hydroxylation sites is 1. The van der Waals surface area contributed by atoms with Crippen molar-refractivity contribution in [3.63, 3.8) is 0 Å². The summed E-state index contributed by atoms with van der Waals surface area (Å²) in [5.74, 6) is 0.393. The normalized spacial score (nSPS) is 12.1. The number of hydrogen-bond acceptors (Lipinski definition) is 4. The summed E-state index contributed by atoms with van der Waals surface area (Å²) in [6.45, 7) is 0. The quantitative estimate of drug-likeness (QED) is 0.462. The van der Waals surface area contributed by atoms with E-state index in [4.69, 9.17) is 0 Å². The number of Topliss-reactive ketones (excluding diaryl/α,β-unsaturated/α-hetero) is 1. The zero-order valence-electron chi connectivity index (χ0n) is 15.4. The van der Waals surface area contributed by atoms with E-state index in [-0.39, 0.29) is 5.78 Å². The first-order valence-electron chi connectivity index (χ1n) is 9.31. The molecule has 0 aliphatic carbocycles. The van der Waals surface area contributed by atoms with Gasteiger partial charge in [0.1, 0.15) is 0 Å². The second-order valence-electron chi connectivity index (χ2n) is 6.72. The van der Waals surface area contributed by atoms with Crippen LogP contribution in [0.1, 0.15) is 22.0 Å². The minimum Gasteiger partial charge on any atom is -0.360 e. The molecule has 6 heteroatoms. The van der Waals surface area contributed by atoms with E-state index in [0.29, 0.717) is 11.4 Å². The number of H-pyrrole nitrogens is 1. The first-order chi connectivity index (χ1) is 14.3. The van der Waals surface area contributed by atoms with Crippen molar-refractivity contribution in [2.45, 2.75) is 6.04 Å². The third-order valence-corrected chi connectivity index (χ3v) is 4.91. The van der Waals surface area contributed by atoms with Gasteiger partial charge in [0.25, 0.3) is 0 Å². The lowest BCUT2D eigenvalue weighted by molar-refractivity contribution is 0.0932. The first kappa shape index (κ1) is 17.1. The van der Waals surface area contributed by atoms with Crippen LogP contribution in [0.25, 0.3) is 22.3 Å². The molecule has 1 N–H and O–H groups in total. The minimum absolute atomic E-state index is 0.0920. The Labute approximate surface area is 166 Å². The standard InChI is InChI=1S/C23H17N5O/c29-22(19-15-24-20-14-8-7-13-18(19)20)21(16-9-3-1-4-10-16)28-26-23(25-27-28)17-11-5-2-6-12-17/h1-15,21,24H. The summed E-state index contributed by atoms with van der Waals surface area (Å²) in [7, 11) is 0. The maximum Gasteiger partial charge on any atom is 0.204 e. The smallest absolute Gasteiger partial charge is 0.204 e. The molecule has 0 bridgehead atoms. The van der Waals surface area contributed by atoms with Crippen molar-refractivity contribution in [2.75, 3.05) is 0 Å².